The number of carbonyl (C=O) groups is 2. The molecule has 3 N–H and O–H groups in total. The van der Waals surface area contributed by atoms with Crippen molar-refractivity contribution in [3.63, 3.8) is 0 Å². The average Bonchev–Trinajstić information content (AvgIpc) is 2.94. The van der Waals surface area contributed by atoms with Crippen LogP contribution in [-0.2, 0) is 14.3 Å². The molecule has 3 atom stereocenters. The lowest BCUT2D eigenvalue weighted by Crippen LogP contribution is -2.47. The Morgan fingerprint density at radius 2 is 2.19 bits per heavy atom. The molecule has 6 heteroatoms. The molecule has 0 aromatic carbocycles. The van der Waals surface area contributed by atoms with Gasteiger partial charge >= 0.3 is 5.97 Å². The smallest absolute Gasteiger partial charge is 0.337 e. The number of ether oxygens (including phenoxy) is 1. The van der Waals surface area contributed by atoms with Crippen LogP contribution in [0.4, 0.5) is 0 Å². The third-order valence-electron chi connectivity index (χ3n) is 2.52. The van der Waals surface area contributed by atoms with Gasteiger partial charge in [-0.3, -0.25) is 4.79 Å². The van der Waals surface area contributed by atoms with Crippen molar-refractivity contribution in [2.45, 2.75) is 32.0 Å². The van der Waals surface area contributed by atoms with Crippen LogP contribution in [0.3, 0.4) is 0 Å². The van der Waals surface area contributed by atoms with Crippen LogP contribution in [0, 0.1) is 5.92 Å². The van der Waals surface area contributed by atoms with E-state index in [1.54, 1.807) is 0 Å². The predicted molar refractivity (Wildman–Crippen MR) is 54.8 cm³/mol. The number of rotatable bonds is 6. The summed E-state index contributed by atoms with van der Waals surface area (Å²) in [6.45, 7) is 3.25. The van der Waals surface area contributed by atoms with Gasteiger partial charge in [-0.15, -0.1) is 0 Å². The van der Waals surface area contributed by atoms with Crippen LogP contribution in [0.25, 0.3) is 0 Å². The van der Waals surface area contributed by atoms with Gasteiger partial charge in [0.1, 0.15) is 0 Å². The molecule has 1 aliphatic rings. The van der Waals surface area contributed by atoms with Gasteiger partial charge in [-0.1, -0.05) is 0 Å². The SMILES string of the molecule is CCOC1CC1C(=O)NCC(C)(O)C(=O)O. The minimum atomic E-state index is -1.92. The van der Waals surface area contributed by atoms with Crippen LogP contribution < -0.4 is 5.32 Å². The number of hydrogen-bond donors (Lipinski definition) is 3. The molecule has 0 aromatic rings. The first-order chi connectivity index (χ1) is 7.38. The molecule has 3 unspecified atom stereocenters. The Balaban J connectivity index is 2.29. The number of amides is 1. The Morgan fingerprint density at radius 1 is 1.56 bits per heavy atom. The van der Waals surface area contributed by atoms with Crippen LogP contribution in [0.15, 0.2) is 0 Å². The van der Waals surface area contributed by atoms with Gasteiger partial charge in [-0.05, 0) is 20.3 Å². The van der Waals surface area contributed by atoms with Crippen LogP contribution in [0.1, 0.15) is 20.3 Å². The molecule has 1 amide bonds. The number of aliphatic carboxylic acids is 1. The van der Waals surface area contributed by atoms with Gasteiger partial charge in [-0.2, -0.15) is 0 Å². The standard InChI is InChI=1S/C10H17NO5/c1-3-16-7-4-6(7)8(12)11-5-10(2,15)9(13)14/h6-7,15H,3-5H2,1-2H3,(H,11,12)(H,13,14). The molecule has 1 fully saturated rings. The lowest BCUT2D eigenvalue weighted by atomic mass is 10.1. The van der Waals surface area contributed by atoms with E-state index in [9.17, 15) is 14.7 Å². The van der Waals surface area contributed by atoms with E-state index < -0.39 is 11.6 Å². The minimum absolute atomic E-state index is 0.0558. The van der Waals surface area contributed by atoms with E-state index in [1.807, 2.05) is 6.92 Å². The Hall–Kier alpha value is -1.14. The summed E-state index contributed by atoms with van der Waals surface area (Å²) in [7, 11) is 0. The highest BCUT2D eigenvalue weighted by atomic mass is 16.5. The summed E-state index contributed by atoms with van der Waals surface area (Å²) in [5.74, 6) is -1.82. The Kier molecular flexibility index (Phi) is 3.88. The fourth-order valence-corrected chi connectivity index (χ4v) is 1.31. The van der Waals surface area contributed by atoms with E-state index >= 15 is 0 Å². The zero-order valence-electron chi connectivity index (χ0n) is 9.40. The fourth-order valence-electron chi connectivity index (χ4n) is 1.31. The zero-order chi connectivity index (χ0) is 12.3. The van der Waals surface area contributed by atoms with Crippen molar-refractivity contribution in [3.05, 3.63) is 0 Å². The van der Waals surface area contributed by atoms with E-state index in [2.05, 4.69) is 5.32 Å². The van der Waals surface area contributed by atoms with Gasteiger partial charge in [0.25, 0.3) is 0 Å². The van der Waals surface area contributed by atoms with Crippen molar-refractivity contribution in [2.75, 3.05) is 13.2 Å². The summed E-state index contributed by atoms with van der Waals surface area (Å²) < 4.78 is 5.23. The van der Waals surface area contributed by atoms with Crippen molar-refractivity contribution in [2.24, 2.45) is 5.92 Å². The largest absolute Gasteiger partial charge is 0.479 e. The van der Waals surface area contributed by atoms with E-state index in [0.717, 1.165) is 6.92 Å². The van der Waals surface area contributed by atoms with Crippen LogP contribution >= 0.6 is 0 Å². The van der Waals surface area contributed by atoms with Gasteiger partial charge in [-0.25, -0.2) is 4.79 Å². The van der Waals surface area contributed by atoms with Crippen molar-refractivity contribution in [3.8, 4) is 0 Å². The quantitative estimate of drug-likeness (QED) is 0.565. The summed E-state index contributed by atoms with van der Waals surface area (Å²) in [4.78, 5) is 22.0. The van der Waals surface area contributed by atoms with Crippen LogP contribution in [0.5, 0.6) is 0 Å². The molecule has 0 saturated heterocycles. The van der Waals surface area contributed by atoms with Crippen molar-refractivity contribution in [1.29, 1.82) is 0 Å². The average molecular weight is 231 g/mol. The van der Waals surface area contributed by atoms with Crippen molar-refractivity contribution < 1.29 is 24.5 Å². The highest BCUT2D eigenvalue weighted by molar-refractivity contribution is 5.83. The lowest BCUT2D eigenvalue weighted by molar-refractivity contribution is -0.156. The van der Waals surface area contributed by atoms with Gasteiger partial charge in [0, 0.05) is 6.61 Å². The number of carboxylic acids is 1. The highest BCUT2D eigenvalue weighted by Gasteiger charge is 2.44. The number of aliphatic hydroxyl groups is 1. The molecule has 16 heavy (non-hydrogen) atoms. The van der Waals surface area contributed by atoms with Gasteiger partial charge in [0.2, 0.25) is 5.91 Å². The molecule has 0 heterocycles. The van der Waals surface area contributed by atoms with Crippen molar-refractivity contribution in [1.82, 2.24) is 5.32 Å². The maximum atomic E-state index is 11.5. The molecular formula is C10H17NO5. The predicted octanol–water partition coefficient (Wildman–Crippen LogP) is -0.637. The molecule has 0 radical (unpaired) electrons. The Morgan fingerprint density at radius 3 is 2.69 bits per heavy atom. The van der Waals surface area contributed by atoms with E-state index in [4.69, 9.17) is 9.84 Å². The molecule has 92 valence electrons. The second-order valence-corrected chi connectivity index (χ2v) is 4.13. The molecule has 1 rings (SSSR count). The highest BCUT2D eigenvalue weighted by Crippen LogP contribution is 2.33. The molecular weight excluding hydrogens is 214 g/mol. The minimum Gasteiger partial charge on any atom is -0.479 e. The first kappa shape index (κ1) is 12.9. The van der Waals surface area contributed by atoms with E-state index in [-0.39, 0.29) is 24.5 Å². The van der Waals surface area contributed by atoms with Gasteiger partial charge in [0.05, 0.1) is 18.6 Å². The molecule has 1 saturated carbocycles. The molecule has 0 aromatic heterocycles. The van der Waals surface area contributed by atoms with Gasteiger partial charge in [0.15, 0.2) is 5.60 Å². The van der Waals surface area contributed by atoms with E-state index in [0.29, 0.717) is 13.0 Å². The van der Waals surface area contributed by atoms with Crippen LogP contribution in [0.2, 0.25) is 0 Å². The van der Waals surface area contributed by atoms with Crippen LogP contribution in [-0.4, -0.2) is 46.9 Å². The third kappa shape index (κ3) is 3.18. The first-order valence-corrected chi connectivity index (χ1v) is 5.23. The Bertz CT molecular complexity index is 289. The fraction of sp³-hybridized carbons (Fsp3) is 0.800. The normalized spacial score (nSPS) is 26.9. The second kappa shape index (κ2) is 4.80. The summed E-state index contributed by atoms with van der Waals surface area (Å²) in [6.07, 6.45) is 0.606. The van der Waals surface area contributed by atoms with Crippen molar-refractivity contribution >= 4 is 11.9 Å². The maximum absolute atomic E-state index is 11.5. The molecule has 0 aliphatic heterocycles. The first-order valence-electron chi connectivity index (χ1n) is 5.23. The third-order valence-corrected chi connectivity index (χ3v) is 2.52. The zero-order valence-corrected chi connectivity index (χ0v) is 9.40. The second-order valence-electron chi connectivity index (χ2n) is 4.13. The molecule has 0 spiro atoms. The summed E-state index contributed by atoms with van der Waals surface area (Å²) in [5.41, 5.74) is -1.92. The summed E-state index contributed by atoms with van der Waals surface area (Å²) >= 11 is 0. The lowest BCUT2D eigenvalue weighted by Gasteiger charge is -2.18. The molecule has 0 bridgehead atoms. The molecule has 1 aliphatic carbocycles. The van der Waals surface area contributed by atoms with Gasteiger partial charge < -0.3 is 20.3 Å². The summed E-state index contributed by atoms with van der Waals surface area (Å²) in [5, 5.41) is 20.4. The topological polar surface area (TPSA) is 95.9 Å². The molecule has 6 nitrogen and oxygen atoms in total. The number of hydrogen-bond acceptors (Lipinski definition) is 4. The summed E-state index contributed by atoms with van der Waals surface area (Å²) in [6, 6.07) is 0. The number of carbonyl (C=O) groups excluding carboxylic acids is 1. The maximum Gasteiger partial charge on any atom is 0.337 e. The number of nitrogens with one attached hydrogen (secondary N) is 1. The number of carboxylic acid groups (broad SMARTS) is 1. The van der Waals surface area contributed by atoms with E-state index in [1.165, 1.54) is 0 Å². The Labute approximate surface area is 93.6 Å². The monoisotopic (exact) mass is 231 g/mol.